The van der Waals surface area contributed by atoms with E-state index in [1.807, 2.05) is 11.1 Å². The van der Waals surface area contributed by atoms with Crippen molar-refractivity contribution in [2.75, 3.05) is 45.9 Å². The number of carbonyl (C=O) groups is 1. The fourth-order valence-electron chi connectivity index (χ4n) is 3.33. The highest BCUT2D eigenvalue weighted by Crippen LogP contribution is 2.37. The number of likely N-dealkylation sites (tertiary alicyclic amines) is 1. The minimum absolute atomic E-state index is 0.139. The fourth-order valence-corrected chi connectivity index (χ4v) is 4.30. The SMILES string of the molecule is Cc1cnc(C2(C)CCN(C(=O)CCN3CCOCC3)CC2)s1. The van der Waals surface area contributed by atoms with Gasteiger partial charge < -0.3 is 9.64 Å². The van der Waals surface area contributed by atoms with E-state index in [0.717, 1.165) is 58.8 Å². The van der Waals surface area contributed by atoms with Gasteiger partial charge in [0.1, 0.15) is 0 Å². The lowest BCUT2D eigenvalue weighted by molar-refractivity contribution is -0.133. The molecule has 1 aromatic rings. The molecule has 0 aliphatic carbocycles. The van der Waals surface area contributed by atoms with Gasteiger partial charge in [0.15, 0.2) is 0 Å². The van der Waals surface area contributed by atoms with Gasteiger partial charge in [-0.15, -0.1) is 11.3 Å². The average molecular weight is 337 g/mol. The van der Waals surface area contributed by atoms with Gasteiger partial charge in [0.2, 0.25) is 5.91 Å². The monoisotopic (exact) mass is 337 g/mol. The molecule has 0 bridgehead atoms. The molecular weight excluding hydrogens is 310 g/mol. The van der Waals surface area contributed by atoms with Gasteiger partial charge in [0.05, 0.1) is 18.2 Å². The van der Waals surface area contributed by atoms with Crippen LogP contribution in [0.25, 0.3) is 0 Å². The molecule has 0 N–H and O–H groups in total. The summed E-state index contributed by atoms with van der Waals surface area (Å²) in [5, 5.41) is 1.23. The molecular formula is C17H27N3O2S. The molecule has 0 spiro atoms. The first-order valence-electron chi connectivity index (χ1n) is 8.58. The van der Waals surface area contributed by atoms with E-state index in [9.17, 15) is 4.79 Å². The summed E-state index contributed by atoms with van der Waals surface area (Å²) in [5.74, 6) is 0.300. The number of carbonyl (C=O) groups excluding carboxylic acids is 1. The lowest BCUT2D eigenvalue weighted by Gasteiger charge is -2.38. The van der Waals surface area contributed by atoms with E-state index >= 15 is 0 Å². The van der Waals surface area contributed by atoms with Gasteiger partial charge in [-0.2, -0.15) is 0 Å². The molecule has 5 nitrogen and oxygen atoms in total. The Balaban J connectivity index is 1.47. The largest absolute Gasteiger partial charge is 0.379 e. The topological polar surface area (TPSA) is 45.7 Å². The van der Waals surface area contributed by atoms with Crippen LogP contribution >= 0.6 is 11.3 Å². The summed E-state index contributed by atoms with van der Waals surface area (Å²) < 4.78 is 5.35. The number of aromatic nitrogens is 1. The van der Waals surface area contributed by atoms with Gasteiger partial charge in [0, 0.05) is 55.6 Å². The number of nitrogens with zero attached hydrogens (tertiary/aromatic N) is 3. The summed E-state index contributed by atoms with van der Waals surface area (Å²) in [5.41, 5.74) is 0.139. The van der Waals surface area contributed by atoms with Crippen molar-refractivity contribution < 1.29 is 9.53 Å². The number of aryl methyl sites for hydroxylation is 1. The number of thiazole rings is 1. The lowest BCUT2D eigenvalue weighted by Crippen LogP contribution is -2.45. The standard InChI is InChI=1S/C17H27N3O2S/c1-14-13-18-16(23-14)17(2)4-7-20(8-5-17)15(21)3-6-19-9-11-22-12-10-19/h13H,3-12H2,1-2H3. The molecule has 0 unspecified atom stereocenters. The smallest absolute Gasteiger partial charge is 0.223 e. The van der Waals surface area contributed by atoms with Crippen LogP contribution in [0.15, 0.2) is 6.20 Å². The molecule has 0 saturated carbocycles. The third-order valence-electron chi connectivity index (χ3n) is 5.10. The first-order chi connectivity index (χ1) is 11.1. The van der Waals surface area contributed by atoms with E-state index in [1.165, 1.54) is 9.88 Å². The summed E-state index contributed by atoms with van der Waals surface area (Å²) in [6, 6.07) is 0. The highest BCUT2D eigenvalue weighted by Gasteiger charge is 2.35. The minimum Gasteiger partial charge on any atom is -0.379 e. The molecule has 0 radical (unpaired) electrons. The zero-order valence-corrected chi connectivity index (χ0v) is 15.0. The first-order valence-corrected chi connectivity index (χ1v) is 9.39. The zero-order chi connectivity index (χ0) is 16.3. The molecule has 1 amide bonds. The van der Waals surface area contributed by atoms with Crippen LogP contribution in [-0.2, 0) is 14.9 Å². The Hall–Kier alpha value is -0.980. The van der Waals surface area contributed by atoms with Crippen LogP contribution in [0.3, 0.4) is 0 Å². The Morgan fingerprint density at radius 1 is 1.30 bits per heavy atom. The van der Waals surface area contributed by atoms with E-state index in [4.69, 9.17) is 4.74 Å². The second-order valence-electron chi connectivity index (χ2n) is 6.92. The lowest BCUT2D eigenvalue weighted by atomic mass is 9.81. The molecule has 0 atom stereocenters. The Morgan fingerprint density at radius 2 is 2.00 bits per heavy atom. The van der Waals surface area contributed by atoms with Crippen molar-refractivity contribution in [2.45, 2.75) is 38.5 Å². The summed E-state index contributed by atoms with van der Waals surface area (Å²) >= 11 is 1.80. The van der Waals surface area contributed by atoms with Crippen LogP contribution < -0.4 is 0 Å². The van der Waals surface area contributed by atoms with Crippen LogP contribution in [0, 0.1) is 6.92 Å². The van der Waals surface area contributed by atoms with E-state index in [1.54, 1.807) is 11.3 Å². The summed E-state index contributed by atoms with van der Waals surface area (Å²) in [7, 11) is 0. The van der Waals surface area contributed by atoms with Gasteiger partial charge in [0.25, 0.3) is 0 Å². The average Bonchev–Trinajstić information content (AvgIpc) is 3.02. The van der Waals surface area contributed by atoms with E-state index < -0.39 is 0 Å². The third-order valence-corrected chi connectivity index (χ3v) is 6.32. The van der Waals surface area contributed by atoms with Crippen molar-refractivity contribution in [1.82, 2.24) is 14.8 Å². The Morgan fingerprint density at radius 3 is 2.61 bits per heavy atom. The third kappa shape index (κ3) is 4.11. The van der Waals surface area contributed by atoms with Crippen molar-refractivity contribution in [1.29, 1.82) is 0 Å². The highest BCUT2D eigenvalue weighted by atomic mass is 32.1. The second-order valence-corrected chi connectivity index (χ2v) is 8.16. The van der Waals surface area contributed by atoms with Crippen LogP contribution in [0.1, 0.15) is 36.1 Å². The number of hydrogen-bond acceptors (Lipinski definition) is 5. The van der Waals surface area contributed by atoms with Gasteiger partial charge >= 0.3 is 0 Å². The molecule has 6 heteroatoms. The number of rotatable bonds is 4. The van der Waals surface area contributed by atoms with Crippen LogP contribution in [0.4, 0.5) is 0 Å². The van der Waals surface area contributed by atoms with Gasteiger partial charge in [-0.05, 0) is 19.8 Å². The maximum absolute atomic E-state index is 12.4. The molecule has 23 heavy (non-hydrogen) atoms. The molecule has 128 valence electrons. The Labute approximate surface area is 142 Å². The molecule has 2 aliphatic heterocycles. The molecule has 2 aliphatic rings. The number of amides is 1. The first kappa shape index (κ1) is 16.9. The fraction of sp³-hybridized carbons (Fsp3) is 0.765. The molecule has 2 fully saturated rings. The molecule has 3 heterocycles. The predicted molar refractivity (Wildman–Crippen MR) is 91.9 cm³/mol. The normalized spacial score (nSPS) is 22.3. The van der Waals surface area contributed by atoms with E-state index in [2.05, 4.69) is 23.7 Å². The van der Waals surface area contributed by atoms with E-state index in [0.29, 0.717) is 12.3 Å². The van der Waals surface area contributed by atoms with Gasteiger partial charge in [-0.3, -0.25) is 9.69 Å². The van der Waals surface area contributed by atoms with Crippen molar-refractivity contribution in [3.63, 3.8) is 0 Å². The molecule has 1 aromatic heterocycles. The molecule has 2 saturated heterocycles. The second kappa shape index (κ2) is 7.28. The van der Waals surface area contributed by atoms with Crippen LogP contribution in [-0.4, -0.2) is 66.6 Å². The number of hydrogen-bond donors (Lipinski definition) is 0. The van der Waals surface area contributed by atoms with Gasteiger partial charge in [-0.1, -0.05) is 6.92 Å². The maximum Gasteiger partial charge on any atom is 0.223 e. The zero-order valence-electron chi connectivity index (χ0n) is 14.2. The molecule has 3 rings (SSSR count). The van der Waals surface area contributed by atoms with Gasteiger partial charge in [-0.25, -0.2) is 4.98 Å². The Kier molecular flexibility index (Phi) is 5.34. The summed E-state index contributed by atoms with van der Waals surface area (Å²) in [4.78, 5) is 22.7. The van der Waals surface area contributed by atoms with Crippen LogP contribution in [0.5, 0.6) is 0 Å². The van der Waals surface area contributed by atoms with E-state index in [-0.39, 0.29) is 5.41 Å². The van der Waals surface area contributed by atoms with Crippen molar-refractivity contribution >= 4 is 17.2 Å². The quantitative estimate of drug-likeness (QED) is 0.844. The summed E-state index contributed by atoms with van der Waals surface area (Å²) in [6.07, 6.45) is 4.63. The Bertz CT molecular complexity index is 532. The van der Waals surface area contributed by atoms with Crippen LogP contribution in [0.2, 0.25) is 0 Å². The summed E-state index contributed by atoms with van der Waals surface area (Å²) in [6.45, 7) is 10.5. The maximum atomic E-state index is 12.4. The predicted octanol–water partition coefficient (Wildman–Crippen LogP) is 2.05. The van der Waals surface area contributed by atoms with Crippen molar-refractivity contribution in [3.8, 4) is 0 Å². The number of morpholine rings is 1. The van der Waals surface area contributed by atoms with Crippen molar-refractivity contribution in [2.24, 2.45) is 0 Å². The van der Waals surface area contributed by atoms with Crippen molar-refractivity contribution in [3.05, 3.63) is 16.1 Å². The highest BCUT2D eigenvalue weighted by molar-refractivity contribution is 7.11. The number of piperidine rings is 1. The molecule has 0 aromatic carbocycles. The minimum atomic E-state index is 0.139. The number of ether oxygens (including phenoxy) is 1.